The maximum absolute atomic E-state index is 9.46. The second-order valence-electron chi connectivity index (χ2n) is 4.44. The van der Waals surface area contributed by atoms with Gasteiger partial charge in [-0.3, -0.25) is 0 Å². The highest BCUT2D eigenvalue weighted by Crippen LogP contribution is 2.28. The molecule has 1 aliphatic rings. The van der Waals surface area contributed by atoms with Crippen molar-refractivity contribution in [3.8, 4) is 5.75 Å². The zero-order valence-electron chi connectivity index (χ0n) is 9.36. The van der Waals surface area contributed by atoms with Crippen molar-refractivity contribution in [2.75, 3.05) is 13.1 Å². The third kappa shape index (κ3) is 1.87. The maximum Gasteiger partial charge on any atom is 0.155 e. The number of nitrogens with zero attached hydrogens (tertiary/aromatic N) is 2. The van der Waals surface area contributed by atoms with Crippen LogP contribution >= 0.6 is 11.6 Å². The number of pyridine rings is 1. The molecule has 0 spiro atoms. The van der Waals surface area contributed by atoms with Crippen LogP contribution in [0.1, 0.15) is 24.6 Å². The molecule has 17 heavy (non-hydrogen) atoms. The number of piperidine rings is 1. The summed E-state index contributed by atoms with van der Waals surface area (Å²) in [5.74, 6) is 1.60. The first-order valence-corrected chi connectivity index (χ1v) is 6.20. The summed E-state index contributed by atoms with van der Waals surface area (Å²) < 4.78 is 1.97. The lowest BCUT2D eigenvalue weighted by Crippen LogP contribution is -2.29. The topological polar surface area (TPSA) is 49.6 Å². The minimum absolute atomic E-state index is 0.215. The Bertz CT molecular complexity index is 546. The largest absolute Gasteiger partial charge is 0.508 e. The molecule has 0 bridgehead atoms. The molecule has 1 unspecified atom stereocenters. The van der Waals surface area contributed by atoms with E-state index in [1.165, 1.54) is 0 Å². The van der Waals surface area contributed by atoms with Crippen LogP contribution in [-0.2, 0) is 0 Å². The summed E-state index contributed by atoms with van der Waals surface area (Å²) >= 11 is 6.11. The van der Waals surface area contributed by atoms with Crippen LogP contribution in [-0.4, -0.2) is 27.6 Å². The third-order valence-corrected chi connectivity index (χ3v) is 3.55. The fourth-order valence-corrected chi connectivity index (χ4v) is 2.65. The summed E-state index contributed by atoms with van der Waals surface area (Å²) in [6.07, 6.45) is 4.12. The zero-order valence-corrected chi connectivity index (χ0v) is 10.1. The van der Waals surface area contributed by atoms with Crippen molar-refractivity contribution in [2.24, 2.45) is 0 Å². The molecule has 0 saturated carbocycles. The molecule has 1 saturated heterocycles. The number of nitrogens with one attached hydrogen (secondary N) is 1. The van der Waals surface area contributed by atoms with Gasteiger partial charge in [0.1, 0.15) is 11.6 Å². The van der Waals surface area contributed by atoms with Gasteiger partial charge < -0.3 is 14.8 Å². The quantitative estimate of drug-likeness (QED) is 0.817. The molecule has 1 aliphatic heterocycles. The van der Waals surface area contributed by atoms with Gasteiger partial charge in [-0.1, -0.05) is 11.6 Å². The molecule has 90 valence electrons. The summed E-state index contributed by atoms with van der Waals surface area (Å²) in [5.41, 5.74) is 0.771. The van der Waals surface area contributed by atoms with Gasteiger partial charge in [-0.25, -0.2) is 4.98 Å². The molecule has 3 heterocycles. The van der Waals surface area contributed by atoms with Gasteiger partial charge in [-0.05, 0) is 25.5 Å². The second kappa shape index (κ2) is 4.20. The van der Waals surface area contributed by atoms with Crippen LogP contribution in [0.2, 0.25) is 5.15 Å². The standard InChI is InChI=1S/C12H14ClN3O/c13-11-10-6-9(17)3-5-16(10)12(15-11)8-2-1-4-14-7-8/h3,5-6,8,14,17H,1-2,4,7H2. The summed E-state index contributed by atoms with van der Waals surface area (Å²) in [7, 11) is 0. The Morgan fingerprint density at radius 3 is 3.18 bits per heavy atom. The van der Waals surface area contributed by atoms with Crippen LogP contribution in [0.4, 0.5) is 0 Å². The fraction of sp³-hybridized carbons (Fsp3) is 0.417. The van der Waals surface area contributed by atoms with Crippen molar-refractivity contribution in [2.45, 2.75) is 18.8 Å². The molecule has 4 nitrogen and oxygen atoms in total. The second-order valence-corrected chi connectivity index (χ2v) is 4.80. The molecule has 2 aromatic heterocycles. The van der Waals surface area contributed by atoms with Crippen molar-refractivity contribution < 1.29 is 5.11 Å². The Morgan fingerprint density at radius 2 is 2.41 bits per heavy atom. The number of hydrogen-bond acceptors (Lipinski definition) is 3. The molecule has 0 amide bonds. The summed E-state index contributed by atoms with van der Waals surface area (Å²) in [5, 5.41) is 13.3. The number of hydrogen-bond donors (Lipinski definition) is 2. The number of aromatic nitrogens is 2. The highest BCUT2D eigenvalue weighted by atomic mass is 35.5. The van der Waals surface area contributed by atoms with Crippen LogP contribution in [0.15, 0.2) is 18.3 Å². The Morgan fingerprint density at radius 1 is 1.53 bits per heavy atom. The third-order valence-electron chi connectivity index (χ3n) is 3.27. The van der Waals surface area contributed by atoms with E-state index in [0.29, 0.717) is 11.1 Å². The Balaban J connectivity index is 2.10. The Hall–Kier alpha value is -1.26. The van der Waals surface area contributed by atoms with Gasteiger partial charge in [0, 0.05) is 24.7 Å². The molecular weight excluding hydrogens is 238 g/mol. The van der Waals surface area contributed by atoms with E-state index in [1.54, 1.807) is 12.1 Å². The van der Waals surface area contributed by atoms with Crippen LogP contribution in [0.5, 0.6) is 5.75 Å². The average Bonchev–Trinajstić information content (AvgIpc) is 2.68. The lowest BCUT2D eigenvalue weighted by Gasteiger charge is -2.21. The van der Waals surface area contributed by atoms with E-state index in [-0.39, 0.29) is 5.75 Å². The maximum atomic E-state index is 9.46. The summed E-state index contributed by atoms with van der Waals surface area (Å²) in [4.78, 5) is 4.43. The van der Waals surface area contributed by atoms with E-state index in [9.17, 15) is 5.11 Å². The van der Waals surface area contributed by atoms with Gasteiger partial charge in [0.15, 0.2) is 5.15 Å². The van der Waals surface area contributed by atoms with Crippen molar-refractivity contribution in [3.05, 3.63) is 29.3 Å². The summed E-state index contributed by atoms with van der Waals surface area (Å²) in [6.45, 7) is 2.02. The monoisotopic (exact) mass is 251 g/mol. The fourth-order valence-electron chi connectivity index (χ4n) is 2.42. The van der Waals surface area contributed by atoms with Crippen LogP contribution in [0, 0.1) is 0 Å². The molecular formula is C12H14ClN3O. The first-order valence-electron chi connectivity index (χ1n) is 5.83. The molecule has 1 atom stereocenters. The molecule has 2 aromatic rings. The van der Waals surface area contributed by atoms with Gasteiger partial charge in [0.2, 0.25) is 0 Å². The van der Waals surface area contributed by atoms with Gasteiger partial charge in [-0.15, -0.1) is 0 Å². The van der Waals surface area contributed by atoms with Crippen molar-refractivity contribution in [1.29, 1.82) is 0 Å². The van der Waals surface area contributed by atoms with Gasteiger partial charge in [0.25, 0.3) is 0 Å². The van der Waals surface area contributed by atoms with Gasteiger partial charge >= 0.3 is 0 Å². The zero-order chi connectivity index (χ0) is 11.8. The molecule has 2 N–H and O–H groups in total. The molecule has 0 aromatic carbocycles. The van der Waals surface area contributed by atoms with Crippen LogP contribution in [0.3, 0.4) is 0 Å². The minimum Gasteiger partial charge on any atom is -0.508 e. The lowest BCUT2D eigenvalue weighted by molar-refractivity contribution is 0.445. The summed E-state index contributed by atoms with van der Waals surface area (Å²) in [6, 6.07) is 3.31. The number of rotatable bonds is 1. The molecule has 3 rings (SSSR count). The predicted molar refractivity (Wildman–Crippen MR) is 66.7 cm³/mol. The van der Waals surface area contributed by atoms with E-state index in [0.717, 1.165) is 37.3 Å². The highest BCUT2D eigenvalue weighted by Gasteiger charge is 2.21. The molecule has 5 heteroatoms. The normalized spacial score (nSPS) is 20.9. The molecule has 0 aliphatic carbocycles. The smallest absolute Gasteiger partial charge is 0.155 e. The van der Waals surface area contributed by atoms with E-state index in [1.807, 2.05) is 10.6 Å². The minimum atomic E-state index is 0.215. The van der Waals surface area contributed by atoms with E-state index in [2.05, 4.69) is 10.3 Å². The lowest BCUT2D eigenvalue weighted by atomic mass is 9.99. The van der Waals surface area contributed by atoms with E-state index < -0.39 is 0 Å². The number of fused-ring (bicyclic) bond motifs is 1. The van der Waals surface area contributed by atoms with Crippen LogP contribution < -0.4 is 5.32 Å². The first-order chi connectivity index (χ1) is 8.25. The van der Waals surface area contributed by atoms with Gasteiger partial charge in [-0.2, -0.15) is 0 Å². The van der Waals surface area contributed by atoms with Gasteiger partial charge in [0.05, 0.1) is 5.52 Å². The Labute approximate surface area is 104 Å². The molecule has 1 fully saturated rings. The highest BCUT2D eigenvalue weighted by molar-refractivity contribution is 6.32. The van der Waals surface area contributed by atoms with E-state index in [4.69, 9.17) is 11.6 Å². The van der Waals surface area contributed by atoms with Crippen molar-refractivity contribution >= 4 is 17.1 Å². The van der Waals surface area contributed by atoms with Crippen molar-refractivity contribution in [1.82, 2.24) is 14.7 Å². The SMILES string of the molecule is Oc1ccn2c(C3CCCNC3)nc(Cl)c2c1. The number of halogens is 1. The van der Waals surface area contributed by atoms with E-state index >= 15 is 0 Å². The van der Waals surface area contributed by atoms with Crippen LogP contribution in [0.25, 0.3) is 5.52 Å². The van der Waals surface area contributed by atoms with Crippen molar-refractivity contribution in [3.63, 3.8) is 0 Å². The predicted octanol–water partition coefficient (Wildman–Crippen LogP) is 2.16. The molecule has 0 radical (unpaired) electrons. The Kier molecular flexibility index (Phi) is 2.68. The number of imidazole rings is 1. The first kappa shape index (κ1) is 10.9. The average molecular weight is 252 g/mol. The number of aromatic hydroxyl groups is 1.